The molecule has 0 radical (unpaired) electrons. The van der Waals surface area contributed by atoms with Gasteiger partial charge in [-0.1, -0.05) is 22.0 Å². The molecule has 0 atom stereocenters. The summed E-state index contributed by atoms with van der Waals surface area (Å²) < 4.78 is 13.5. The normalized spacial score (nSPS) is 11.8. The number of rotatable bonds is 7. The van der Waals surface area contributed by atoms with Gasteiger partial charge in [-0.05, 0) is 36.4 Å². The van der Waals surface area contributed by atoms with Crippen LogP contribution in [0.3, 0.4) is 0 Å². The van der Waals surface area contributed by atoms with Gasteiger partial charge in [-0.15, -0.1) is 17.9 Å². The number of methoxy groups -OCH3 is 2. The summed E-state index contributed by atoms with van der Waals surface area (Å²) in [7, 11) is 3.24. The Labute approximate surface area is 181 Å². The molecule has 3 rings (SSSR count). The Morgan fingerprint density at radius 1 is 1.21 bits per heavy atom. The van der Waals surface area contributed by atoms with Crippen LogP contribution in [0.2, 0.25) is 0 Å². The van der Waals surface area contributed by atoms with Crippen molar-refractivity contribution in [2.75, 3.05) is 20.8 Å². The van der Waals surface area contributed by atoms with Crippen molar-refractivity contribution in [1.82, 2.24) is 4.68 Å². The monoisotopic (exact) mass is 473 g/mol. The van der Waals surface area contributed by atoms with Gasteiger partial charge >= 0.3 is 0 Å². The second kappa shape index (κ2) is 9.58. The summed E-state index contributed by atoms with van der Waals surface area (Å²) >= 11 is 4.86. The number of nitrogens with zero attached hydrogens (tertiary/aromatic N) is 3. The van der Waals surface area contributed by atoms with Crippen molar-refractivity contribution >= 4 is 33.5 Å². The first kappa shape index (κ1) is 20.9. The lowest BCUT2D eigenvalue weighted by Crippen LogP contribution is -2.12. The van der Waals surface area contributed by atoms with E-state index in [0.29, 0.717) is 28.4 Å². The number of hydrogen-bond donors (Lipinski definition) is 1. The van der Waals surface area contributed by atoms with Gasteiger partial charge in [0.1, 0.15) is 17.2 Å². The van der Waals surface area contributed by atoms with E-state index >= 15 is 0 Å². The van der Waals surface area contributed by atoms with E-state index in [-0.39, 0.29) is 5.75 Å². The van der Waals surface area contributed by atoms with Crippen LogP contribution in [0.4, 0.5) is 0 Å². The van der Waals surface area contributed by atoms with Gasteiger partial charge in [0.2, 0.25) is 4.80 Å². The summed E-state index contributed by atoms with van der Waals surface area (Å²) in [6, 6.07) is 10.7. The fraction of sp³-hybridized carbons (Fsp3) is 0.143. The molecule has 29 heavy (non-hydrogen) atoms. The zero-order chi connectivity index (χ0) is 20.8. The highest BCUT2D eigenvalue weighted by Gasteiger charge is 2.14. The number of ether oxygens (including phenoxy) is 2. The maximum absolute atomic E-state index is 10.1. The Morgan fingerprint density at radius 2 is 2.03 bits per heavy atom. The highest BCUT2D eigenvalue weighted by molar-refractivity contribution is 9.10. The van der Waals surface area contributed by atoms with Crippen LogP contribution in [-0.2, 0) is 0 Å². The van der Waals surface area contributed by atoms with Gasteiger partial charge in [-0.25, -0.2) is 4.68 Å². The van der Waals surface area contributed by atoms with Gasteiger partial charge in [0.25, 0.3) is 0 Å². The summed E-state index contributed by atoms with van der Waals surface area (Å²) in [5.41, 5.74) is 2.19. The zero-order valence-corrected chi connectivity index (χ0v) is 18.4. The second-order valence-electron chi connectivity index (χ2n) is 5.86. The summed E-state index contributed by atoms with van der Waals surface area (Å²) in [6.45, 7) is 4.19. The smallest absolute Gasteiger partial charge is 0.206 e. The standard InChI is InChI=1S/C21H20BrN3O3S/c1-4-9-23-21-25(24-12-14-10-15(22)5-7-19(14)26)18(13-29-21)17-11-16(27-2)6-8-20(17)28-3/h4-8,10-13,26H,1,9H2,2-3H3. The van der Waals surface area contributed by atoms with E-state index in [1.165, 1.54) is 11.3 Å². The minimum absolute atomic E-state index is 0.137. The molecule has 0 aliphatic heterocycles. The van der Waals surface area contributed by atoms with E-state index in [1.807, 2.05) is 23.6 Å². The minimum atomic E-state index is 0.137. The average Bonchev–Trinajstić information content (AvgIpc) is 3.14. The van der Waals surface area contributed by atoms with Gasteiger partial charge in [0.05, 0.1) is 32.7 Å². The van der Waals surface area contributed by atoms with E-state index in [0.717, 1.165) is 15.7 Å². The molecule has 0 unspecified atom stereocenters. The van der Waals surface area contributed by atoms with Crippen LogP contribution in [0, 0.1) is 0 Å². The topological polar surface area (TPSA) is 68.3 Å². The molecule has 1 heterocycles. The van der Waals surface area contributed by atoms with Crippen LogP contribution in [0.15, 0.2) is 69.0 Å². The third-order valence-electron chi connectivity index (χ3n) is 4.03. The number of thiazole rings is 1. The lowest BCUT2D eigenvalue weighted by molar-refractivity contribution is 0.404. The number of aromatic hydroxyl groups is 1. The maximum atomic E-state index is 10.1. The molecule has 0 spiro atoms. The average molecular weight is 474 g/mol. The molecule has 1 N–H and O–H groups in total. The summed E-state index contributed by atoms with van der Waals surface area (Å²) in [5, 5.41) is 16.7. The van der Waals surface area contributed by atoms with Gasteiger partial charge in [-0.3, -0.25) is 4.99 Å². The molecule has 3 aromatic rings. The SMILES string of the molecule is C=CCN=c1scc(-c2cc(OC)ccc2OC)n1N=Cc1cc(Br)ccc1O. The van der Waals surface area contributed by atoms with E-state index in [1.54, 1.807) is 49.4 Å². The van der Waals surface area contributed by atoms with Crippen LogP contribution in [0.25, 0.3) is 11.3 Å². The molecule has 0 saturated carbocycles. The van der Waals surface area contributed by atoms with Gasteiger partial charge < -0.3 is 14.6 Å². The molecule has 6 nitrogen and oxygen atoms in total. The van der Waals surface area contributed by atoms with Crippen molar-refractivity contribution in [3.63, 3.8) is 0 Å². The summed E-state index contributed by atoms with van der Waals surface area (Å²) in [6.07, 6.45) is 3.32. The molecule has 0 saturated heterocycles. The molecule has 0 aliphatic rings. The first-order valence-corrected chi connectivity index (χ1v) is 10.3. The van der Waals surface area contributed by atoms with Crippen LogP contribution in [0.1, 0.15) is 5.56 Å². The number of hydrogen-bond acceptors (Lipinski definition) is 6. The number of phenols is 1. The predicted octanol–water partition coefficient (Wildman–Crippen LogP) is 4.67. The van der Waals surface area contributed by atoms with Crippen molar-refractivity contribution < 1.29 is 14.6 Å². The maximum Gasteiger partial charge on any atom is 0.206 e. The summed E-state index contributed by atoms with van der Waals surface area (Å²) in [5.74, 6) is 1.53. The molecule has 8 heteroatoms. The minimum Gasteiger partial charge on any atom is -0.507 e. The second-order valence-corrected chi connectivity index (χ2v) is 7.61. The van der Waals surface area contributed by atoms with Crippen LogP contribution >= 0.6 is 27.3 Å². The van der Waals surface area contributed by atoms with E-state index in [9.17, 15) is 5.11 Å². The molecule has 0 amide bonds. The highest BCUT2D eigenvalue weighted by Crippen LogP contribution is 2.33. The number of aromatic nitrogens is 1. The van der Waals surface area contributed by atoms with Crippen molar-refractivity contribution in [2.24, 2.45) is 10.1 Å². The van der Waals surface area contributed by atoms with Crippen LogP contribution in [-0.4, -0.2) is 36.8 Å². The van der Waals surface area contributed by atoms with Crippen molar-refractivity contribution in [3.8, 4) is 28.5 Å². The molecular weight excluding hydrogens is 454 g/mol. The molecule has 2 aromatic carbocycles. The Morgan fingerprint density at radius 3 is 2.76 bits per heavy atom. The molecule has 1 aromatic heterocycles. The Hall–Kier alpha value is -2.84. The Balaban J connectivity index is 2.18. The molecule has 0 fully saturated rings. The van der Waals surface area contributed by atoms with Crippen molar-refractivity contribution in [3.05, 3.63) is 69.3 Å². The molecule has 0 bridgehead atoms. The van der Waals surface area contributed by atoms with E-state index < -0.39 is 0 Å². The first-order valence-electron chi connectivity index (χ1n) is 8.64. The Bertz CT molecular complexity index is 1120. The Kier molecular flexibility index (Phi) is 6.90. The van der Waals surface area contributed by atoms with E-state index in [4.69, 9.17) is 9.47 Å². The van der Waals surface area contributed by atoms with Crippen LogP contribution < -0.4 is 14.3 Å². The quantitative estimate of drug-likeness (QED) is 0.400. The summed E-state index contributed by atoms with van der Waals surface area (Å²) in [4.78, 5) is 5.22. The number of benzene rings is 2. The third-order valence-corrected chi connectivity index (χ3v) is 5.37. The van der Waals surface area contributed by atoms with Gasteiger partial charge in [0, 0.05) is 21.0 Å². The number of halogens is 1. The van der Waals surface area contributed by atoms with Crippen molar-refractivity contribution in [1.29, 1.82) is 0 Å². The highest BCUT2D eigenvalue weighted by atomic mass is 79.9. The molecule has 150 valence electrons. The van der Waals surface area contributed by atoms with Crippen LogP contribution in [0.5, 0.6) is 17.2 Å². The van der Waals surface area contributed by atoms with Gasteiger partial charge in [-0.2, -0.15) is 5.10 Å². The molecular formula is C21H20BrN3O3S. The van der Waals surface area contributed by atoms with Crippen molar-refractivity contribution in [2.45, 2.75) is 0 Å². The predicted molar refractivity (Wildman–Crippen MR) is 120 cm³/mol. The fourth-order valence-corrected chi connectivity index (χ4v) is 3.83. The zero-order valence-electron chi connectivity index (χ0n) is 16.0. The number of phenolic OH excluding ortho intramolecular Hbond substituents is 1. The fourth-order valence-electron chi connectivity index (χ4n) is 2.61. The lowest BCUT2D eigenvalue weighted by Gasteiger charge is -2.11. The first-order chi connectivity index (χ1) is 14.1. The largest absolute Gasteiger partial charge is 0.507 e. The lowest BCUT2D eigenvalue weighted by atomic mass is 10.1. The van der Waals surface area contributed by atoms with E-state index in [2.05, 4.69) is 32.6 Å². The van der Waals surface area contributed by atoms with Gasteiger partial charge in [0.15, 0.2) is 0 Å². The molecule has 0 aliphatic carbocycles. The third kappa shape index (κ3) is 4.78.